The van der Waals surface area contributed by atoms with Crippen LogP contribution < -0.4 is 10.5 Å². The number of hydrogen-bond donors (Lipinski definition) is 1. The van der Waals surface area contributed by atoms with Gasteiger partial charge in [-0.3, -0.25) is 14.7 Å². The number of likely N-dealkylation sites (N-methyl/N-ethyl adjacent to an activating group) is 1. The van der Waals surface area contributed by atoms with Crippen LogP contribution in [0.2, 0.25) is 0 Å². The molecule has 2 aromatic carbocycles. The van der Waals surface area contributed by atoms with E-state index in [-0.39, 0.29) is 11.9 Å². The summed E-state index contributed by atoms with van der Waals surface area (Å²) in [4.78, 5) is 24.5. The van der Waals surface area contributed by atoms with Crippen LogP contribution in [0.5, 0.6) is 5.75 Å². The summed E-state index contributed by atoms with van der Waals surface area (Å²) in [5.74, 6) is -0.198. The molecule has 1 aliphatic heterocycles. The minimum atomic E-state index is -1.53. The van der Waals surface area contributed by atoms with Crippen molar-refractivity contribution < 1.29 is 13.9 Å². The van der Waals surface area contributed by atoms with Gasteiger partial charge in [-0.1, -0.05) is 32.0 Å². The van der Waals surface area contributed by atoms with Gasteiger partial charge in [-0.25, -0.2) is 9.38 Å². The smallest absolute Gasteiger partial charge is 0.266 e. The number of rotatable bonds is 6. The van der Waals surface area contributed by atoms with Crippen LogP contribution in [0.1, 0.15) is 36.4 Å². The third-order valence-corrected chi connectivity index (χ3v) is 5.99. The number of halogens is 1. The molecule has 6 nitrogen and oxygen atoms in total. The molecule has 0 saturated heterocycles. The topological polar surface area (TPSA) is 80.8 Å². The third-order valence-electron chi connectivity index (χ3n) is 5.99. The summed E-state index contributed by atoms with van der Waals surface area (Å²) in [6, 6.07) is 16.7. The number of aliphatic imine (C=N–C) groups is 1. The molecule has 0 bridgehead atoms. The second-order valence-electron chi connectivity index (χ2n) is 7.90. The number of nitrogens with zero attached hydrogens (tertiary/aromatic N) is 3. The van der Waals surface area contributed by atoms with E-state index in [1.165, 1.54) is 18.1 Å². The molecule has 1 aromatic heterocycles. The van der Waals surface area contributed by atoms with Gasteiger partial charge in [0.05, 0.1) is 7.11 Å². The van der Waals surface area contributed by atoms with E-state index >= 15 is 0 Å². The molecule has 33 heavy (non-hydrogen) atoms. The maximum absolute atomic E-state index is 15.0. The molecular weight excluding hydrogens is 419 g/mol. The summed E-state index contributed by atoms with van der Waals surface area (Å²) < 4.78 is 20.4. The van der Waals surface area contributed by atoms with Gasteiger partial charge in [-0.05, 0) is 60.4 Å². The van der Waals surface area contributed by atoms with E-state index in [9.17, 15) is 9.18 Å². The molecule has 1 radical (unpaired) electrons. The Bertz CT molecular complexity index is 1230. The quantitative estimate of drug-likeness (QED) is 0.625. The first kappa shape index (κ1) is 22.5. The first-order valence-corrected chi connectivity index (χ1v) is 10.8. The predicted molar refractivity (Wildman–Crippen MR) is 125 cm³/mol. The Morgan fingerprint density at radius 3 is 2.33 bits per heavy atom. The first-order valence-electron chi connectivity index (χ1n) is 10.8. The van der Waals surface area contributed by atoms with Crippen LogP contribution in [0.3, 0.4) is 0 Å². The highest BCUT2D eigenvalue weighted by molar-refractivity contribution is 6.09. The average Bonchev–Trinajstić information content (AvgIpc) is 3.08. The van der Waals surface area contributed by atoms with Gasteiger partial charge in [0, 0.05) is 29.6 Å². The van der Waals surface area contributed by atoms with Crippen LogP contribution in [0.25, 0.3) is 11.1 Å². The minimum Gasteiger partial charge on any atom is -0.497 e. The summed E-state index contributed by atoms with van der Waals surface area (Å²) in [5.41, 5.74) is 8.11. The van der Waals surface area contributed by atoms with Gasteiger partial charge >= 0.3 is 0 Å². The fourth-order valence-corrected chi connectivity index (χ4v) is 4.14. The van der Waals surface area contributed by atoms with Crippen molar-refractivity contribution in [2.45, 2.75) is 32.2 Å². The molecule has 0 spiro atoms. The Morgan fingerprint density at radius 1 is 1.12 bits per heavy atom. The van der Waals surface area contributed by atoms with E-state index in [0.717, 1.165) is 11.4 Å². The van der Waals surface area contributed by atoms with Crippen molar-refractivity contribution in [2.75, 3.05) is 14.2 Å². The Labute approximate surface area is 192 Å². The Morgan fingerprint density at radius 2 is 1.79 bits per heavy atom. The molecule has 169 valence electrons. The van der Waals surface area contributed by atoms with Gasteiger partial charge in [-0.2, -0.15) is 0 Å². The third kappa shape index (κ3) is 3.63. The first-order chi connectivity index (χ1) is 15.8. The van der Waals surface area contributed by atoms with Crippen molar-refractivity contribution in [3.8, 4) is 16.9 Å². The molecule has 4 rings (SSSR count). The monoisotopic (exact) mass is 445 g/mol. The highest BCUT2D eigenvalue weighted by Gasteiger charge is 2.51. The van der Waals surface area contributed by atoms with Crippen molar-refractivity contribution in [2.24, 2.45) is 10.7 Å². The van der Waals surface area contributed by atoms with Crippen LogP contribution in [-0.4, -0.2) is 35.9 Å². The van der Waals surface area contributed by atoms with E-state index in [1.807, 2.05) is 26.0 Å². The molecule has 1 amide bonds. The van der Waals surface area contributed by atoms with Crippen molar-refractivity contribution in [3.05, 3.63) is 82.9 Å². The molecule has 2 N–H and O–H groups in total. The number of aromatic nitrogens is 1. The molecule has 7 heteroatoms. The fraction of sp³-hybridized carbons (Fsp3) is 0.269. The summed E-state index contributed by atoms with van der Waals surface area (Å²) in [6.45, 7) is 4.01. The molecule has 1 atom stereocenters. The zero-order valence-corrected chi connectivity index (χ0v) is 19.1. The molecule has 0 aliphatic carbocycles. The van der Waals surface area contributed by atoms with E-state index < -0.39 is 11.4 Å². The summed E-state index contributed by atoms with van der Waals surface area (Å²) >= 11 is 0. The number of hydrogen-bond acceptors (Lipinski definition) is 5. The Kier molecular flexibility index (Phi) is 5.89. The van der Waals surface area contributed by atoms with Gasteiger partial charge in [0.25, 0.3) is 5.91 Å². The van der Waals surface area contributed by atoms with Crippen molar-refractivity contribution in [3.63, 3.8) is 0 Å². The molecule has 1 unspecified atom stereocenters. The highest BCUT2D eigenvalue weighted by Crippen LogP contribution is 2.45. The normalized spacial score (nSPS) is 17.9. The van der Waals surface area contributed by atoms with Crippen molar-refractivity contribution >= 4 is 11.9 Å². The lowest BCUT2D eigenvalue weighted by atomic mass is 9.78. The van der Waals surface area contributed by atoms with Crippen LogP contribution in [0.15, 0.2) is 53.5 Å². The number of amides is 1. The number of benzene rings is 2. The largest absolute Gasteiger partial charge is 0.497 e. The van der Waals surface area contributed by atoms with E-state index in [2.05, 4.69) is 11.1 Å². The number of nitrogens with two attached hydrogens (primary N) is 1. The zero-order chi connectivity index (χ0) is 23.8. The van der Waals surface area contributed by atoms with E-state index in [4.69, 9.17) is 15.5 Å². The van der Waals surface area contributed by atoms with E-state index in [0.29, 0.717) is 40.8 Å². The van der Waals surface area contributed by atoms with Gasteiger partial charge < -0.3 is 10.5 Å². The lowest BCUT2D eigenvalue weighted by Gasteiger charge is -2.29. The van der Waals surface area contributed by atoms with Gasteiger partial charge in [0.15, 0.2) is 11.5 Å². The number of carbonyl (C=O) groups is 1. The molecule has 0 fully saturated rings. The number of carbonyl (C=O) groups excluding carboxylic acids is 1. The standard InChI is InChI=1S/C26H26FN4O2/c1-5-17-13-16(14-18(6-2)29-17)26(24(32)31(3)25(28)30-26)22-12-11-19(33-4)15-21(22)20-9-7-8-10-23(20)27/h7-11,13-15H,5-6H2,1-4H3,(H2,28,30). The van der Waals surface area contributed by atoms with Crippen molar-refractivity contribution in [1.82, 2.24) is 9.88 Å². The molecular formula is C26H26FN4O2. The van der Waals surface area contributed by atoms with Crippen LogP contribution in [0, 0.1) is 11.9 Å². The summed E-state index contributed by atoms with van der Waals surface area (Å²) in [7, 11) is 3.11. The Hall–Kier alpha value is -3.74. The van der Waals surface area contributed by atoms with Crippen LogP contribution >= 0.6 is 0 Å². The fourth-order valence-electron chi connectivity index (χ4n) is 4.14. The molecule has 0 saturated carbocycles. The number of pyridine rings is 1. The lowest BCUT2D eigenvalue weighted by Crippen LogP contribution is -2.41. The Balaban J connectivity index is 2.11. The second-order valence-corrected chi connectivity index (χ2v) is 7.90. The zero-order valence-electron chi connectivity index (χ0n) is 19.1. The minimum absolute atomic E-state index is 0.0802. The van der Waals surface area contributed by atoms with Crippen LogP contribution in [-0.2, 0) is 23.2 Å². The number of methoxy groups -OCH3 is 1. The second kappa shape index (κ2) is 8.65. The molecule has 2 heterocycles. The number of aryl methyl sites for hydroxylation is 2. The maximum atomic E-state index is 15.0. The van der Waals surface area contributed by atoms with Crippen molar-refractivity contribution in [1.29, 1.82) is 0 Å². The van der Waals surface area contributed by atoms with Gasteiger partial charge in [-0.15, -0.1) is 0 Å². The van der Waals surface area contributed by atoms with E-state index in [1.54, 1.807) is 37.4 Å². The summed E-state index contributed by atoms with van der Waals surface area (Å²) in [5, 5.41) is 0. The maximum Gasteiger partial charge on any atom is 0.266 e. The van der Waals surface area contributed by atoms with Crippen LogP contribution in [0.4, 0.5) is 4.39 Å². The number of guanidine groups is 1. The molecule has 3 aromatic rings. The van der Waals surface area contributed by atoms with Gasteiger partial charge in [0.1, 0.15) is 11.6 Å². The highest BCUT2D eigenvalue weighted by atomic mass is 19.1. The predicted octanol–water partition coefficient (Wildman–Crippen LogP) is 3.85. The number of ether oxygens (including phenoxy) is 1. The average molecular weight is 446 g/mol. The molecule has 1 aliphatic rings. The SMILES string of the molecule is CCc1cc(C2(c3[c]cc(OC)cc3-c3ccccc3F)N=C(N)N(C)C2=O)cc(CC)n1. The van der Waals surface area contributed by atoms with Gasteiger partial charge in [0.2, 0.25) is 0 Å². The lowest BCUT2D eigenvalue weighted by molar-refractivity contribution is -0.129. The summed E-state index contributed by atoms with van der Waals surface area (Å²) in [6.07, 6.45) is 1.37.